The highest BCUT2D eigenvalue weighted by molar-refractivity contribution is 6.31. The van der Waals surface area contributed by atoms with E-state index in [4.69, 9.17) is 22.4 Å². The van der Waals surface area contributed by atoms with Gasteiger partial charge in [0, 0.05) is 16.8 Å². The maximum Gasteiger partial charge on any atom is 0.323 e. The third kappa shape index (κ3) is 3.19. The van der Waals surface area contributed by atoms with Crippen LogP contribution in [0.25, 0.3) is 0 Å². The molecule has 0 aromatic heterocycles. The fourth-order valence-corrected chi connectivity index (χ4v) is 3.01. The van der Waals surface area contributed by atoms with Gasteiger partial charge in [0.1, 0.15) is 6.54 Å². The zero-order valence-corrected chi connectivity index (χ0v) is 12.6. The number of hydrogen-bond acceptors (Lipinski definition) is 3. The third-order valence-electron chi connectivity index (χ3n) is 4.18. The Balaban J connectivity index is 2.36. The van der Waals surface area contributed by atoms with E-state index in [0.717, 1.165) is 12.8 Å². The van der Waals surface area contributed by atoms with Gasteiger partial charge < -0.3 is 15.7 Å². The summed E-state index contributed by atoms with van der Waals surface area (Å²) >= 11 is 5.94. The molecule has 21 heavy (non-hydrogen) atoms. The number of halogens is 1. The molecular formula is C15H19ClN2O3. The zero-order valence-electron chi connectivity index (χ0n) is 11.9. The molecule has 3 N–H and O–H groups in total. The predicted octanol–water partition coefficient (Wildman–Crippen LogP) is 2.28. The Hall–Kier alpha value is -1.59. The van der Waals surface area contributed by atoms with Crippen LogP contribution in [0.2, 0.25) is 5.02 Å². The lowest BCUT2D eigenvalue weighted by molar-refractivity contribution is -0.138. The molecule has 1 aliphatic rings. The second-order valence-corrected chi connectivity index (χ2v) is 6.12. The number of anilines is 1. The van der Waals surface area contributed by atoms with E-state index in [-0.39, 0.29) is 11.9 Å². The third-order valence-corrected chi connectivity index (χ3v) is 4.41. The first-order valence-electron chi connectivity index (χ1n) is 6.89. The summed E-state index contributed by atoms with van der Waals surface area (Å²) in [7, 11) is 0. The number of hydrogen-bond donors (Lipinski definition) is 2. The number of amides is 1. The van der Waals surface area contributed by atoms with E-state index in [1.54, 1.807) is 24.3 Å². The van der Waals surface area contributed by atoms with Crippen LogP contribution >= 0.6 is 11.6 Å². The monoisotopic (exact) mass is 310 g/mol. The summed E-state index contributed by atoms with van der Waals surface area (Å²) in [6.45, 7) is 1.41. The van der Waals surface area contributed by atoms with E-state index in [9.17, 15) is 9.59 Å². The molecule has 0 aliphatic heterocycles. The van der Waals surface area contributed by atoms with Crippen molar-refractivity contribution in [2.75, 3.05) is 11.4 Å². The molecule has 0 saturated heterocycles. The summed E-state index contributed by atoms with van der Waals surface area (Å²) in [6, 6.07) is 6.39. The van der Waals surface area contributed by atoms with Gasteiger partial charge >= 0.3 is 5.97 Å². The molecule has 0 radical (unpaired) electrons. The first-order valence-corrected chi connectivity index (χ1v) is 7.27. The van der Waals surface area contributed by atoms with Gasteiger partial charge in [0.05, 0.1) is 5.41 Å². The number of nitrogens with two attached hydrogens (primary N) is 1. The molecule has 0 heterocycles. The van der Waals surface area contributed by atoms with E-state index < -0.39 is 17.9 Å². The summed E-state index contributed by atoms with van der Waals surface area (Å²) < 4.78 is 0. The summed E-state index contributed by atoms with van der Waals surface area (Å²) in [5.74, 6) is -1.32. The lowest BCUT2D eigenvalue weighted by atomic mass is 9.83. The molecule has 1 aromatic rings. The normalized spacial score (nSPS) is 24.8. The first kappa shape index (κ1) is 15.8. The van der Waals surface area contributed by atoms with Gasteiger partial charge in [0.25, 0.3) is 0 Å². The van der Waals surface area contributed by atoms with Crippen LogP contribution in [0, 0.1) is 5.41 Å². The number of carbonyl (C=O) groups is 2. The second-order valence-electron chi connectivity index (χ2n) is 5.68. The minimum absolute atomic E-state index is 0.250. The minimum atomic E-state index is -1.07. The van der Waals surface area contributed by atoms with Crippen molar-refractivity contribution in [2.45, 2.75) is 32.2 Å². The lowest BCUT2D eigenvalue weighted by Gasteiger charge is -2.33. The minimum Gasteiger partial charge on any atom is -0.480 e. The highest BCUT2D eigenvalue weighted by Gasteiger charge is 2.45. The van der Waals surface area contributed by atoms with Gasteiger partial charge in [0.2, 0.25) is 5.91 Å². The number of carbonyl (C=O) groups excluding carboxylic acids is 1. The molecule has 1 fully saturated rings. The van der Waals surface area contributed by atoms with Gasteiger partial charge in [-0.3, -0.25) is 9.59 Å². The maximum absolute atomic E-state index is 12.9. The van der Waals surface area contributed by atoms with Crippen molar-refractivity contribution in [3.8, 4) is 0 Å². The number of carboxylic acids is 1. The Morgan fingerprint density at radius 3 is 2.76 bits per heavy atom. The molecule has 1 aliphatic carbocycles. The maximum atomic E-state index is 12.9. The van der Waals surface area contributed by atoms with E-state index in [1.165, 1.54) is 4.90 Å². The van der Waals surface area contributed by atoms with Crippen molar-refractivity contribution in [3.63, 3.8) is 0 Å². The van der Waals surface area contributed by atoms with E-state index in [2.05, 4.69) is 0 Å². The highest BCUT2D eigenvalue weighted by atomic mass is 35.5. The van der Waals surface area contributed by atoms with E-state index in [1.807, 2.05) is 6.92 Å². The Labute approximate surface area is 128 Å². The molecule has 2 rings (SSSR count). The van der Waals surface area contributed by atoms with E-state index in [0.29, 0.717) is 17.1 Å². The molecular weight excluding hydrogens is 292 g/mol. The lowest BCUT2D eigenvalue weighted by Crippen LogP contribution is -2.50. The van der Waals surface area contributed by atoms with Crippen LogP contribution in [-0.2, 0) is 9.59 Å². The Morgan fingerprint density at radius 1 is 1.52 bits per heavy atom. The zero-order chi connectivity index (χ0) is 15.6. The van der Waals surface area contributed by atoms with Gasteiger partial charge in [-0.15, -0.1) is 0 Å². The quantitative estimate of drug-likeness (QED) is 0.893. The first-order chi connectivity index (χ1) is 9.84. The molecule has 1 aromatic carbocycles. The number of rotatable bonds is 4. The Bertz CT molecular complexity index is 564. The SMILES string of the molecule is CC1(C(=O)N(CC(=O)O)c2cccc(Cl)c2)CCCC1N. The van der Waals surface area contributed by atoms with Crippen LogP contribution in [0.5, 0.6) is 0 Å². The Morgan fingerprint density at radius 2 is 2.24 bits per heavy atom. The van der Waals surface area contributed by atoms with Crippen LogP contribution in [0.1, 0.15) is 26.2 Å². The van der Waals surface area contributed by atoms with Crippen LogP contribution in [-0.4, -0.2) is 29.6 Å². The van der Waals surface area contributed by atoms with Crippen LogP contribution in [0.4, 0.5) is 5.69 Å². The summed E-state index contributed by atoms with van der Waals surface area (Å²) in [5.41, 5.74) is 5.83. The number of aliphatic carboxylic acids is 1. The fourth-order valence-electron chi connectivity index (χ4n) is 2.83. The van der Waals surface area contributed by atoms with Gasteiger partial charge in [-0.2, -0.15) is 0 Å². The van der Waals surface area contributed by atoms with Crippen molar-refractivity contribution < 1.29 is 14.7 Å². The topological polar surface area (TPSA) is 83.6 Å². The smallest absolute Gasteiger partial charge is 0.323 e. The van der Waals surface area contributed by atoms with Crippen molar-refractivity contribution in [1.29, 1.82) is 0 Å². The van der Waals surface area contributed by atoms with E-state index >= 15 is 0 Å². The number of nitrogens with zero attached hydrogens (tertiary/aromatic N) is 1. The van der Waals surface area contributed by atoms with Crippen LogP contribution in [0.15, 0.2) is 24.3 Å². The largest absolute Gasteiger partial charge is 0.480 e. The molecule has 0 spiro atoms. The van der Waals surface area contributed by atoms with Crippen molar-refractivity contribution in [3.05, 3.63) is 29.3 Å². The molecule has 0 bridgehead atoms. The van der Waals surface area contributed by atoms with Gasteiger partial charge in [-0.1, -0.05) is 24.1 Å². The molecule has 5 nitrogen and oxygen atoms in total. The predicted molar refractivity (Wildman–Crippen MR) is 81.4 cm³/mol. The van der Waals surface area contributed by atoms with Crippen LogP contribution < -0.4 is 10.6 Å². The van der Waals surface area contributed by atoms with Crippen molar-refractivity contribution in [2.24, 2.45) is 11.1 Å². The molecule has 2 atom stereocenters. The van der Waals surface area contributed by atoms with Gasteiger partial charge in [-0.25, -0.2) is 0 Å². The Kier molecular flexibility index (Phi) is 4.54. The average molecular weight is 311 g/mol. The number of benzene rings is 1. The van der Waals surface area contributed by atoms with Gasteiger partial charge in [-0.05, 0) is 38.0 Å². The van der Waals surface area contributed by atoms with Crippen LogP contribution in [0.3, 0.4) is 0 Å². The molecule has 1 saturated carbocycles. The molecule has 2 unspecified atom stereocenters. The summed E-state index contributed by atoms with van der Waals surface area (Å²) in [5, 5.41) is 9.55. The molecule has 1 amide bonds. The summed E-state index contributed by atoms with van der Waals surface area (Å²) in [6.07, 6.45) is 2.32. The highest BCUT2D eigenvalue weighted by Crippen LogP contribution is 2.39. The standard InChI is InChI=1S/C15H19ClN2O3/c1-15(7-3-6-12(15)17)14(21)18(9-13(19)20)11-5-2-4-10(16)8-11/h2,4-5,8,12H,3,6-7,9,17H2,1H3,(H,19,20). The van der Waals surface area contributed by atoms with Gasteiger partial charge in [0.15, 0.2) is 0 Å². The molecule has 114 valence electrons. The van der Waals surface area contributed by atoms with Crippen molar-refractivity contribution in [1.82, 2.24) is 0 Å². The van der Waals surface area contributed by atoms with Crippen molar-refractivity contribution >= 4 is 29.2 Å². The summed E-state index contributed by atoms with van der Waals surface area (Å²) in [4.78, 5) is 25.2. The fraction of sp³-hybridized carbons (Fsp3) is 0.467. The number of carboxylic acid groups (broad SMARTS) is 1. The second kappa shape index (κ2) is 6.03. The average Bonchev–Trinajstić information content (AvgIpc) is 2.76. The molecule has 6 heteroatoms.